The molecule has 1 fully saturated rings. The first-order valence-corrected chi connectivity index (χ1v) is 11.6. The molecular weight excluding hydrogens is 438 g/mol. The summed E-state index contributed by atoms with van der Waals surface area (Å²) in [5.74, 6) is 0.511. The minimum atomic E-state index is -1.47. The smallest absolute Gasteiger partial charge is 0.284 e. The lowest BCUT2D eigenvalue weighted by molar-refractivity contribution is -0.191. The van der Waals surface area contributed by atoms with Gasteiger partial charge in [0.05, 0.1) is 24.2 Å². The lowest BCUT2D eigenvalue weighted by Gasteiger charge is -2.56. The topological polar surface area (TPSA) is 146 Å². The highest BCUT2D eigenvalue weighted by Crippen LogP contribution is 2.47. The van der Waals surface area contributed by atoms with Crippen molar-refractivity contribution in [1.29, 1.82) is 5.26 Å². The van der Waals surface area contributed by atoms with Crippen molar-refractivity contribution in [3.8, 4) is 6.07 Å². The third kappa shape index (κ3) is 4.10. The van der Waals surface area contributed by atoms with Gasteiger partial charge in [0.15, 0.2) is 0 Å². The number of nitrogens with one attached hydrogen (secondary N) is 1. The summed E-state index contributed by atoms with van der Waals surface area (Å²) in [6.07, 6.45) is 0. The number of rotatable bonds is 9. The Morgan fingerprint density at radius 1 is 1.59 bits per heavy atom. The molecule has 0 aromatic carbocycles. The molecule has 3 rings (SSSR count). The molecule has 0 saturated carbocycles. The molecule has 0 spiro atoms. The number of hydrogen-bond donors (Lipinski definition) is 2. The summed E-state index contributed by atoms with van der Waals surface area (Å²) in [6, 6.07) is 1.95. The van der Waals surface area contributed by atoms with Crippen LogP contribution >= 0.6 is 35.3 Å². The molecule has 3 heterocycles. The van der Waals surface area contributed by atoms with Crippen molar-refractivity contribution in [2.75, 3.05) is 36.7 Å². The van der Waals surface area contributed by atoms with Crippen LogP contribution in [0.25, 0.3) is 0 Å². The van der Waals surface area contributed by atoms with Crippen molar-refractivity contribution in [2.24, 2.45) is 7.05 Å². The van der Waals surface area contributed by atoms with Crippen LogP contribution in [0, 0.1) is 11.3 Å². The monoisotopic (exact) mass is 457 g/mol. The molecule has 2 aliphatic heterocycles. The minimum Gasteiger partial charge on any atom is -0.390 e. The number of aryl methyl sites for hydroxylation is 1. The second kappa shape index (κ2) is 9.35. The van der Waals surface area contributed by atoms with E-state index >= 15 is 0 Å². The number of methoxy groups -OCH3 is 1. The van der Waals surface area contributed by atoms with Crippen LogP contribution in [0.2, 0.25) is 0 Å². The highest BCUT2D eigenvalue weighted by atomic mass is 32.2. The van der Waals surface area contributed by atoms with Gasteiger partial charge in [0, 0.05) is 31.4 Å². The van der Waals surface area contributed by atoms with Gasteiger partial charge in [0.2, 0.25) is 11.1 Å². The number of nitrogens with zero attached hydrogens (tertiary/aromatic N) is 6. The number of amides is 2. The molecule has 29 heavy (non-hydrogen) atoms. The summed E-state index contributed by atoms with van der Waals surface area (Å²) in [7, 11) is 3.10. The Bertz CT molecular complexity index is 870. The zero-order valence-electron chi connectivity index (χ0n) is 15.7. The number of tetrazole rings is 1. The van der Waals surface area contributed by atoms with E-state index in [0.717, 1.165) is 17.3 Å². The van der Waals surface area contributed by atoms with Crippen LogP contribution in [-0.4, -0.2) is 89.9 Å². The summed E-state index contributed by atoms with van der Waals surface area (Å²) in [6.45, 7) is -0.304. The SMILES string of the molecule is CO[C@]1(NC(=O)CSCC#N)C(=O)N2C(CO)=C(CSc3nnnn3C)CS[C@@H]21. The lowest BCUT2D eigenvalue weighted by atomic mass is 9.98. The van der Waals surface area contributed by atoms with E-state index in [1.165, 1.54) is 35.5 Å². The highest BCUT2D eigenvalue weighted by Gasteiger charge is 2.65. The molecule has 2 amide bonds. The van der Waals surface area contributed by atoms with Crippen molar-refractivity contribution in [3.05, 3.63) is 11.3 Å². The van der Waals surface area contributed by atoms with Gasteiger partial charge in [-0.3, -0.25) is 14.5 Å². The molecule has 1 aromatic heterocycles. The van der Waals surface area contributed by atoms with E-state index in [0.29, 0.717) is 22.4 Å². The van der Waals surface area contributed by atoms with Gasteiger partial charge >= 0.3 is 0 Å². The van der Waals surface area contributed by atoms with Crippen LogP contribution in [-0.2, 0) is 21.4 Å². The Labute approximate surface area is 179 Å². The normalized spacial score (nSPS) is 23.4. The first-order chi connectivity index (χ1) is 14.0. The van der Waals surface area contributed by atoms with E-state index in [-0.39, 0.29) is 24.0 Å². The zero-order chi connectivity index (χ0) is 21.0. The molecule has 0 unspecified atom stereocenters. The number of thioether (sulfide) groups is 3. The standard InChI is InChI=1S/C15H19N7O4S3/c1-21-14(18-19-20-21)29-7-9-6-28-13-15(26-2,12(25)22(13)10(9)5-23)17-11(24)8-27-4-3-16/h13,23H,4-8H2,1-2H3,(H,17,24)/t13-,15-/m1/s1. The molecule has 1 aromatic rings. The van der Waals surface area contributed by atoms with Gasteiger partial charge in [-0.1, -0.05) is 11.8 Å². The summed E-state index contributed by atoms with van der Waals surface area (Å²) >= 11 is 4.02. The molecule has 11 nitrogen and oxygen atoms in total. The largest absolute Gasteiger partial charge is 0.390 e. The van der Waals surface area contributed by atoms with Crippen LogP contribution in [0.15, 0.2) is 16.4 Å². The minimum absolute atomic E-state index is 0.0552. The average Bonchev–Trinajstić information content (AvgIpc) is 3.14. The number of nitriles is 1. The van der Waals surface area contributed by atoms with Crippen LogP contribution < -0.4 is 5.32 Å². The van der Waals surface area contributed by atoms with E-state index in [1.807, 2.05) is 6.07 Å². The Hall–Kier alpha value is -1.79. The Morgan fingerprint density at radius 3 is 3.00 bits per heavy atom. The maximum Gasteiger partial charge on any atom is 0.284 e. The van der Waals surface area contributed by atoms with Crippen molar-refractivity contribution >= 4 is 47.1 Å². The fourth-order valence-electron chi connectivity index (χ4n) is 2.99. The Morgan fingerprint density at radius 2 is 2.38 bits per heavy atom. The predicted octanol–water partition coefficient (Wildman–Crippen LogP) is -0.821. The highest BCUT2D eigenvalue weighted by molar-refractivity contribution is 8.01. The van der Waals surface area contributed by atoms with Crippen molar-refractivity contribution in [2.45, 2.75) is 16.3 Å². The number of carbonyl (C=O) groups is 2. The molecule has 14 heteroatoms. The quantitative estimate of drug-likeness (QED) is 0.207. The number of aliphatic hydroxyl groups excluding tert-OH is 1. The molecule has 0 radical (unpaired) electrons. The first kappa shape index (κ1) is 21.9. The molecule has 0 bridgehead atoms. The third-order valence-corrected chi connectivity index (χ3v) is 7.66. The number of carbonyl (C=O) groups excluding carboxylic acids is 2. The van der Waals surface area contributed by atoms with Crippen molar-refractivity contribution in [1.82, 2.24) is 30.4 Å². The number of fused-ring (bicyclic) bond motifs is 1. The van der Waals surface area contributed by atoms with Gasteiger partial charge in [0.1, 0.15) is 5.37 Å². The van der Waals surface area contributed by atoms with Gasteiger partial charge in [-0.05, 0) is 16.0 Å². The van der Waals surface area contributed by atoms with Crippen LogP contribution in [0.4, 0.5) is 0 Å². The number of ether oxygens (including phenoxy) is 1. The van der Waals surface area contributed by atoms with Gasteiger partial charge in [0.25, 0.3) is 11.6 Å². The number of β-lactam (4-membered cyclic amide) rings is 1. The van der Waals surface area contributed by atoms with Crippen molar-refractivity contribution < 1.29 is 19.4 Å². The van der Waals surface area contributed by atoms with Crippen LogP contribution in [0.3, 0.4) is 0 Å². The maximum atomic E-state index is 12.9. The summed E-state index contributed by atoms with van der Waals surface area (Å²) < 4.78 is 6.99. The Kier molecular flexibility index (Phi) is 7.06. The second-order valence-corrected chi connectivity index (χ2v) is 9.06. The van der Waals surface area contributed by atoms with Crippen LogP contribution in [0.1, 0.15) is 0 Å². The van der Waals surface area contributed by atoms with Gasteiger partial charge in [-0.15, -0.1) is 28.6 Å². The molecule has 0 aliphatic carbocycles. The molecule has 156 valence electrons. The van der Waals surface area contributed by atoms with Crippen molar-refractivity contribution in [3.63, 3.8) is 0 Å². The summed E-state index contributed by atoms with van der Waals surface area (Å²) in [5.41, 5.74) is -0.0560. The molecule has 1 saturated heterocycles. The van der Waals surface area contributed by atoms with Crippen LogP contribution in [0.5, 0.6) is 0 Å². The zero-order valence-corrected chi connectivity index (χ0v) is 18.1. The second-order valence-electron chi connectivity index (χ2n) is 6.06. The Balaban J connectivity index is 1.72. The van der Waals surface area contributed by atoms with Gasteiger partial charge in [-0.2, -0.15) is 5.26 Å². The van der Waals surface area contributed by atoms with Gasteiger partial charge < -0.3 is 15.2 Å². The van der Waals surface area contributed by atoms with E-state index in [9.17, 15) is 14.7 Å². The number of aliphatic hydroxyl groups is 1. The fraction of sp³-hybridized carbons (Fsp3) is 0.600. The number of hydrogen-bond acceptors (Lipinski definition) is 11. The first-order valence-electron chi connectivity index (χ1n) is 8.41. The predicted molar refractivity (Wildman–Crippen MR) is 108 cm³/mol. The van der Waals surface area contributed by atoms with E-state index in [2.05, 4.69) is 20.8 Å². The lowest BCUT2D eigenvalue weighted by Crippen LogP contribution is -2.80. The van der Waals surface area contributed by atoms with E-state index in [1.54, 1.807) is 11.7 Å². The average molecular weight is 458 g/mol. The summed E-state index contributed by atoms with van der Waals surface area (Å²) in [5, 5.41) is 32.6. The van der Waals surface area contributed by atoms with E-state index < -0.39 is 17.0 Å². The number of aromatic nitrogens is 4. The maximum absolute atomic E-state index is 12.9. The molecule has 2 aliphatic rings. The third-order valence-electron chi connectivity index (χ3n) is 4.39. The molecule has 2 N–H and O–H groups in total. The van der Waals surface area contributed by atoms with Gasteiger partial charge in [-0.25, -0.2) is 4.68 Å². The molecule has 2 atom stereocenters. The van der Waals surface area contributed by atoms with E-state index in [4.69, 9.17) is 10.00 Å². The fourth-order valence-corrected chi connectivity index (χ4v) is 5.95. The molecular formula is C15H19N7O4S3. The summed E-state index contributed by atoms with van der Waals surface area (Å²) in [4.78, 5) is 26.6.